The molecule has 10 heteroatoms. The molecular formula is C32H28BrNO8. The van der Waals surface area contributed by atoms with Crippen molar-refractivity contribution in [2.24, 2.45) is 4.99 Å². The van der Waals surface area contributed by atoms with Crippen LogP contribution in [0.1, 0.15) is 11.1 Å². The van der Waals surface area contributed by atoms with Crippen LogP contribution in [0.15, 0.2) is 108 Å². The Balaban J connectivity index is 1.45. The van der Waals surface area contributed by atoms with Crippen LogP contribution >= 0.6 is 15.9 Å². The number of aliphatic imine (C=N–C) groups is 1. The lowest BCUT2D eigenvalue weighted by Gasteiger charge is -2.07. The van der Waals surface area contributed by atoms with Crippen LogP contribution in [0.4, 0.5) is 5.69 Å². The average Bonchev–Trinajstić information content (AvgIpc) is 3.01. The van der Waals surface area contributed by atoms with Gasteiger partial charge in [0.1, 0.15) is 43.7 Å². The summed E-state index contributed by atoms with van der Waals surface area (Å²) in [5.41, 5.74) is 2.28. The summed E-state index contributed by atoms with van der Waals surface area (Å²) in [6.45, 7) is 7.35. The number of hydrogen-bond donors (Lipinski definition) is 0. The molecule has 0 aliphatic rings. The second kappa shape index (κ2) is 17.0. The van der Waals surface area contributed by atoms with Gasteiger partial charge in [0.15, 0.2) is 0 Å². The SMILES string of the molecule is C=CC(=O)OCCOc1ccc(/C=C/C(=O)Oc2ccc(/N=C/c3ccc(OCCOC(=O)C=C)cc3)cc2Br)cc1. The molecule has 0 atom stereocenters. The van der Waals surface area contributed by atoms with Crippen molar-refractivity contribution >= 4 is 51.8 Å². The maximum Gasteiger partial charge on any atom is 0.336 e. The molecular weight excluding hydrogens is 606 g/mol. The van der Waals surface area contributed by atoms with Gasteiger partial charge in [-0.05, 0) is 87.7 Å². The highest BCUT2D eigenvalue weighted by Crippen LogP contribution is 2.29. The number of ether oxygens (including phenoxy) is 5. The number of carbonyl (C=O) groups is 3. The predicted octanol–water partition coefficient (Wildman–Crippen LogP) is 6.03. The van der Waals surface area contributed by atoms with E-state index in [4.69, 9.17) is 23.7 Å². The smallest absolute Gasteiger partial charge is 0.336 e. The molecule has 3 rings (SSSR count). The summed E-state index contributed by atoms with van der Waals surface area (Å²) in [5, 5.41) is 0. The van der Waals surface area contributed by atoms with Gasteiger partial charge in [-0.1, -0.05) is 25.3 Å². The van der Waals surface area contributed by atoms with E-state index < -0.39 is 17.9 Å². The molecule has 0 spiro atoms. The Kier molecular flexibility index (Phi) is 12.8. The fourth-order valence-corrected chi connectivity index (χ4v) is 3.60. The van der Waals surface area contributed by atoms with Crippen molar-refractivity contribution in [2.75, 3.05) is 26.4 Å². The van der Waals surface area contributed by atoms with Gasteiger partial charge in [-0.15, -0.1) is 0 Å². The Hall–Kier alpha value is -4.96. The Morgan fingerprint density at radius 2 is 1.26 bits per heavy atom. The van der Waals surface area contributed by atoms with Gasteiger partial charge in [-0.3, -0.25) is 4.99 Å². The molecule has 0 aliphatic heterocycles. The monoisotopic (exact) mass is 633 g/mol. The van der Waals surface area contributed by atoms with Crippen LogP contribution in [0.25, 0.3) is 6.08 Å². The van der Waals surface area contributed by atoms with E-state index in [1.54, 1.807) is 66.9 Å². The third-order valence-electron chi connectivity index (χ3n) is 5.19. The molecule has 0 aromatic heterocycles. The molecule has 0 N–H and O–H groups in total. The Bertz CT molecular complexity index is 1450. The second-order valence-corrected chi connectivity index (χ2v) is 9.06. The maximum absolute atomic E-state index is 12.3. The van der Waals surface area contributed by atoms with Crippen molar-refractivity contribution in [3.8, 4) is 17.2 Å². The summed E-state index contributed by atoms with van der Waals surface area (Å²) < 4.78 is 26.7. The lowest BCUT2D eigenvalue weighted by atomic mass is 10.2. The summed E-state index contributed by atoms with van der Waals surface area (Å²) in [6.07, 6.45) is 6.83. The summed E-state index contributed by atoms with van der Waals surface area (Å²) in [4.78, 5) is 38.8. The summed E-state index contributed by atoms with van der Waals surface area (Å²) in [7, 11) is 0. The Morgan fingerprint density at radius 1 is 0.714 bits per heavy atom. The van der Waals surface area contributed by atoms with Crippen molar-refractivity contribution in [3.05, 3.63) is 114 Å². The van der Waals surface area contributed by atoms with Crippen LogP contribution in [-0.4, -0.2) is 50.6 Å². The van der Waals surface area contributed by atoms with Crippen molar-refractivity contribution in [2.45, 2.75) is 0 Å². The molecule has 9 nitrogen and oxygen atoms in total. The zero-order valence-corrected chi connectivity index (χ0v) is 24.2. The summed E-state index contributed by atoms with van der Waals surface area (Å²) in [6, 6.07) is 19.4. The van der Waals surface area contributed by atoms with Gasteiger partial charge in [-0.25, -0.2) is 14.4 Å². The van der Waals surface area contributed by atoms with Crippen LogP contribution in [-0.2, 0) is 23.9 Å². The molecule has 0 unspecified atom stereocenters. The molecule has 0 saturated carbocycles. The van der Waals surface area contributed by atoms with Crippen LogP contribution in [0.5, 0.6) is 17.2 Å². The highest BCUT2D eigenvalue weighted by atomic mass is 79.9. The summed E-state index contributed by atoms with van der Waals surface area (Å²) >= 11 is 3.42. The van der Waals surface area contributed by atoms with Crippen molar-refractivity contribution < 1.29 is 38.1 Å². The first-order chi connectivity index (χ1) is 20.4. The molecule has 42 heavy (non-hydrogen) atoms. The van der Waals surface area contributed by atoms with Gasteiger partial charge in [0.25, 0.3) is 0 Å². The number of esters is 3. The number of carbonyl (C=O) groups excluding carboxylic acids is 3. The lowest BCUT2D eigenvalue weighted by Crippen LogP contribution is -2.10. The van der Waals surface area contributed by atoms with E-state index in [9.17, 15) is 14.4 Å². The molecule has 0 heterocycles. The van der Waals surface area contributed by atoms with Crippen molar-refractivity contribution in [1.29, 1.82) is 0 Å². The van der Waals surface area contributed by atoms with E-state index in [-0.39, 0.29) is 26.4 Å². The highest BCUT2D eigenvalue weighted by molar-refractivity contribution is 9.10. The van der Waals surface area contributed by atoms with Crippen LogP contribution in [0, 0.1) is 0 Å². The molecule has 216 valence electrons. The van der Waals surface area contributed by atoms with Crippen molar-refractivity contribution in [3.63, 3.8) is 0 Å². The fourth-order valence-electron chi connectivity index (χ4n) is 3.16. The van der Waals surface area contributed by atoms with E-state index in [1.165, 1.54) is 6.08 Å². The molecule has 0 bridgehead atoms. The van der Waals surface area contributed by atoms with Gasteiger partial charge >= 0.3 is 17.9 Å². The predicted molar refractivity (Wildman–Crippen MR) is 162 cm³/mol. The highest BCUT2D eigenvalue weighted by Gasteiger charge is 2.07. The minimum atomic E-state index is -0.544. The Labute approximate surface area is 251 Å². The fraction of sp³-hybridized carbons (Fsp3) is 0.125. The first-order valence-corrected chi connectivity index (χ1v) is 13.4. The summed E-state index contributed by atoms with van der Waals surface area (Å²) in [5.74, 6) is 0.0485. The Morgan fingerprint density at radius 3 is 1.79 bits per heavy atom. The normalized spacial score (nSPS) is 10.7. The molecule has 0 amide bonds. The van der Waals surface area contributed by atoms with Crippen LogP contribution < -0.4 is 14.2 Å². The van der Waals surface area contributed by atoms with Crippen LogP contribution in [0.3, 0.4) is 0 Å². The molecule has 3 aromatic carbocycles. The number of rotatable bonds is 15. The first kappa shape index (κ1) is 31.6. The molecule has 0 saturated heterocycles. The average molecular weight is 634 g/mol. The van der Waals surface area contributed by atoms with Gasteiger partial charge < -0.3 is 23.7 Å². The topological polar surface area (TPSA) is 110 Å². The number of hydrogen-bond acceptors (Lipinski definition) is 9. The van der Waals surface area contributed by atoms with E-state index in [1.807, 2.05) is 12.1 Å². The number of benzene rings is 3. The first-order valence-electron chi connectivity index (χ1n) is 12.6. The lowest BCUT2D eigenvalue weighted by molar-refractivity contribution is -0.139. The van der Waals surface area contributed by atoms with E-state index in [2.05, 4.69) is 34.1 Å². The van der Waals surface area contributed by atoms with E-state index >= 15 is 0 Å². The van der Waals surface area contributed by atoms with Gasteiger partial charge in [0.05, 0.1) is 10.2 Å². The third-order valence-corrected chi connectivity index (χ3v) is 5.81. The van der Waals surface area contributed by atoms with Crippen LogP contribution in [0.2, 0.25) is 0 Å². The van der Waals surface area contributed by atoms with Gasteiger partial charge in [0.2, 0.25) is 0 Å². The number of nitrogens with zero attached hydrogens (tertiary/aromatic N) is 1. The zero-order valence-electron chi connectivity index (χ0n) is 22.6. The second-order valence-electron chi connectivity index (χ2n) is 8.21. The van der Waals surface area contributed by atoms with Crippen molar-refractivity contribution in [1.82, 2.24) is 0 Å². The van der Waals surface area contributed by atoms with Gasteiger partial charge in [0, 0.05) is 24.4 Å². The molecule has 0 radical (unpaired) electrons. The quantitative estimate of drug-likeness (QED) is 0.0655. The molecule has 3 aromatic rings. The molecule has 0 aliphatic carbocycles. The van der Waals surface area contributed by atoms with E-state index in [0.29, 0.717) is 27.4 Å². The minimum Gasteiger partial charge on any atom is -0.490 e. The van der Waals surface area contributed by atoms with Gasteiger partial charge in [-0.2, -0.15) is 0 Å². The zero-order chi connectivity index (χ0) is 30.2. The maximum atomic E-state index is 12.3. The third kappa shape index (κ3) is 11.3. The largest absolute Gasteiger partial charge is 0.490 e. The molecule has 0 fully saturated rings. The number of halogens is 1. The van der Waals surface area contributed by atoms with E-state index in [0.717, 1.165) is 23.3 Å². The minimum absolute atomic E-state index is 0.116. The standard InChI is InChI=1S/C32H28BrNO8/c1-3-30(35)40-19-17-38-26-11-5-23(6-12-26)9-16-32(37)42-29-15-10-25(21-28(29)33)34-22-24-7-13-27(14-8-24)39-18-20-41-31(36)4-2/h3-16,21-22H,1-2,17-20H2/b16-9+,34-22+.